The second kappa shape index (κ2) is 5.82. The molecule has 0 amide bonds. The lowest BCUT2D eigenvalue weighted by Crippen LogP contribution is -2.51. The highest BCUT2D eigenvalue weighted by molar-refractivity contribution is 7.10. The first-order valence-electron chi connectivity index (χ1n) is 6.61. The lowest BCUT2D eigenvalue weighted by atomic mass is 10.0. The number of esters is 1. The zero-order valence-electron chi connectivity index (χ0n) is 11.6. The number of nitrogens with zero attached hydrogens (tertiary/aromatic N) is 3. The summed E-state index contributed by atoms with van der Waals surface area (Å²) in [4.78, 5) is 18.6. The molecule has 3 heterocycles. The average molecular weight is 308 g/mol. The maximum absolute atomic E-state index is 11.3. The van der Waals surface area contributed by atoms with Gasteiger partial charge < -0.3 is 19.9 Å². The van der Waals surface area contributed by atoms with Crippen molar-refractivity contribution in [3.63, 3.8) is 0 Å². The Morgan fingerprint density at radius 2 is 2.48 bits per heavy atom. The van der Waals surface area contributed by atoms with Crippen molar-refractivity contribution in [1.29, 1.82) is 0 Å². The quantitative estimate of drug-likeness (QED) is 0.823. The molecule has 1 saturated heterocycles. The summed E-state index contributed by atoms with van der Waals surface area (Å²) in [5.74, 6) is 0.705. The molecule has 112 valence electrons. The smallest absolute Gasteiger partial charge is 0.312 e. The number of methoxy groups -OCH3 is 1. The standard InChI is InChI=1S/C13H16N4O3S/c1-19-12(18)8-6-17(7-8)13-15-11(20-16-13)5-9(14)10-3-2-4-21-10/h2-4,8-9H,5-7,14H2,1H3. The van der Waals surface area contributed by atoms with Gasteiger partial charge in [0.25, 0.3) is 5.95 Å². The Morgan fingerprint density at radius 1 is 1.67 bits per heavy atom. The molecule has 0 aliphatic carbocycles. The van der Waals surface area contributed by atoms with E-state index in [1.807, 2.05) is 22.4 Å². The van der Waals surface area contributed by atoms with Crippen LogP contribution < -0.4 is 10.6 Å². The lowest BCUT2D eigenvalue weighted by Gasteiger charge is -2.35. The van der Waals surface area contributed by atoms with E-state index in [1.165, 1.54) is 7.11 Å². The van der Waals surface area contributed by atoms with Gasteiger partial charge in [-0.05, 0) is 16.6 Å². The molecule has 0 aromatic carbocycles. The summed E-state index contributed by atoms with van der Waals surface area (Å²) in [7, 11) is 1.39. The van der Waals surface area contributed by atoms with Crippen LogP contribution in [0, 0.1) is 5.92 Å². The second-order valence-electron chi connectivity index (χ2n) is 4.94. The van der Waals surface area contributed by atoms with Crippen molar-refractivity contribution in [2.24, 2.45) is 11.7 Å². The molecule has 1 unspecified atom stereocenters. The molecule has 1 aliphatic rings. The molecule has 3 rings (SSSR count). The third kappa shape index (κ3) is 2.91. The SMILES string of the molecule is COC(=O)C1CN(c2noc(CC(N)c3cccs3)n2)C1. The summed E-state index contributed by atoms with van der Waals surface area (Å²) in [6.45, 7) is 1.12. The first kappa shape index (κ1) is 14.0. The fourth-order valence-electron chi connectivity index (χ4n) is 2.21. The molecule has 2 aromatic rings. The summed E-state index contributed by atoms with van der Waals surface area (Å²) in [6.07, 6.45) is 0.502. The largest absolute Gasteiger partial charge is 0.469 e. The Kier molecular flexibility index (Phi) is 3.89. The van der Waals surface area contributed by atoms with Gasteiger partial charge >= 0.3 is 5.97 Å². The number of ether oxygens (including phenoxy) is 1. The molecule has 1 aliphatic heterocycles. The van der Waals surface area contributed by atoms with Gasteiger partial charge in [0.15, 0.2) is 0 Å². The molecule has 21 heavy (non-hydrogen) atoms. The Morgan fingerprint density at radius 3 is 3.14 bits per heavy atom. The molecule has 1 fully saturated rings. The van der Waals surface area contributed by atoms with Crippen LogP contribution in [0.3, 0.4) is 0 Å². The number of thiophene rings is 1. The Hall–Kier alpha value is -1.93. The maximum atomic E-state index is 11.3. The van der Waals surface area contributed by atoms with E-state index in [9.17, 15) is 4.79 Å². The number of rotatable bonds is 5. The van der Waals surface area contributed by atoms with Crippen LogP contribution in [0.25, 0.3) is 0 Å². The summed E-state index contributed by atoms with van der Waals surface area (Å²) >= 11 is 1.61. The third-order valence-electron chi connectivity index (χ3n) is 3.46. The summed E-state index contributed by atoms with van der Waals surface area (Å²) in [5, 5.41) is 5.92. The number of aromatic nitrogens is 2. The minimum atomic E-state index is -0.199. The van der Waals surface area contributed by atoms with Crippen LogP contribution in [0.2, 0.25) is 0 Å². The van der Waals surface area contributed by atoms with Gasteiger partial charge in [-0.2, -0.15) is 4.98 Å². The van der Waals surface area contributed by atoms with Gasteiger partial charge in [0.05, 0.1) is 13.0 Å². The third-order valence-corrected chi connectivity index (χ3v) is 4.46. The van der Waals surface area contributed by atoms with E-state index in [0.29, 0.717) is 31.3 Å². The molecule has 1 atom stereocenters. The van der Waals surface area contributed by atoms with E-state index in [1.54, 1.807) is 11.3 Å². The van der Waals surface area contributed by atoms with Gasteiger partial charge in [0, 0.05) is 30.4 Å². The average Bonchev–Trinajstić information content (AvgIpc) is 3.08. The van der Waals surface area contributed by atoms with Gasteiger partial charge in [0.1, 0.15) is 0 Å². The highest BCUT2D eigenvalue weighted by Gasteiger charge is 2.36. The fraction of sp³-hybridized carbons (Fsp3) is 0.462. The predicted molar refractivity (Wildman–Crippen MR) is 77.0 cm³/mol. The van der Waals surface area contributed by atoms with E-state index in [-0.39, 0.29) is 17.9 Å². The van der Waals surface area contributed by atoms with Crippen molar-refractivity contribution in [1.82, 2.24) is 10.1 Å². The number of carbonyl (C=O) groups is 1. The first-order valence-corrected chi connectivity index (χ1v) is 7.49. The van der Waals surface area contributed by atoms with Crippen LogP contribution in [0.15, 0.2) is 22.0 Å². The minimum absolute atomic E-state index is 0.106. The highest BCUT2D eigenvalue weighted by Crippen LogP contribution is 2.24. The molecular formula is C13H16N4O3S. The van der Waals surface area contributed by atoms with Gasteiger partial charge in [-0.3, -0.25) is 4.79 Å². The van der Waals surface area contributed by atoms with E-state index < -0.39 is 0 Å². The van der Waals surface area contributed by atoms with Crippen molar-refractivity contribution in [3.8, 4) is 0 Å². The normalized spacial score (nSPS) is 16.6. The molecule has 0 saturated carbocycles. The van der Waals surface area contributed by atoms with E-state index in [4.69, 9.17) is 15.0 Å². The molecule has 0 spiro atoms. The minimum Gasteiger partial charge on any atom is -0.469 e. The Bertz CT molecular complexity index is 607. The van der Waals surface area contributed by atoms with Crippen molar-refractivity contribution in [3.05, 3.63) is 28.3 Å². The maximum Gasteiger partial charge on any atom is 0.312 e. The molecular weight excluding hydrogens is 292 g/mol. The van der Waals surface area contributed by atoms with Crippen LogP contribution >= 0.6 is 11.3 Å². The molecule has 0 bridgehead atoms. The van der Waals surface area contributed by atoms with Crippen molar-refractivity contribution < 1.29 is 14.1 Å². The van der Waals surface area contributed by atoms with Crippen molar-refractivity contribution >= 4 is 23.3 Å². The molecule has 2 N–H and O–H groups in total. The second-order valence-corrected chi connectivity index (χ2v) is 5.92. The van der Waals surface area contributed by atoms with E-state index in [0.717, 1.165) is 4.88 Å². The lowest BCUT2D eigenvalue weighted by molar-refractivity contribution is -0.146. The van der Waals surface area contributed by atoms with Gasteiger partial charge in [-0.15, -0.1) is 11.3 Å². The topological polar surface area (TPSA) is 94.5 Å². The molecule has 0 radical (unpaired) electrons. The number of carbonyl (C=O) groups excluding carboxylic acids is 1. The van der Waals surface area contributed by atoms with Gasteiger partial charge in [0.2, 0.25) is 5.89 Å². The van der Waals surface area contributed by atoms with Crippen LogP contribution in [0.5, 0.6) is 0 Å². The fourth-order valence-corrected chi connectivity index (χ4v) is 2.94. The monoisotopic (exact) mass is 308 g/mol. The van der Waals surface area contributed by atoms with Crippen LogP contribution in [0.4, 0.5) is 5.95 Å². The first-order chi connectivity index (χ1) is 10.2. The van der Waals surface area contributed by atoms with E-state index in [2.05, 4.69) is 10.1 Å². The molecule has 8 heteroatoms. The molecule has 7 nitrogen and oxygen atoms in total. The zero-order valence-corrected chi connectivity index (χ0v) is 12.4. The number of hydrogen-bond donors (Lipinski definition) is 1. The van der Waals surface area contributed by atoms with Crippen LogP contribution in [-0.4, -0.2) is 36.3 Å². The number of nitrogens with two attached hydrogens (primary N) is 1. The van der Waals surface area contributed by atoms with Gasteiger partial charge in [-0.25, -0.2) is 0 Å². The summed E-state index contributed by atoms with van der Waals surface area (Å²) in [6, 6.07) is 3.81. The Balaban J connectivity index is 1.56. The van der Waals surface area contributed by atoms with Crippen molar-refractivity contribution in [2.75, 3.05) is 25.1 Å². The Labute approximate surface area is 125 Å². The predicted octanol–water partition coefficient (Wildman–Crippen LogP) is 0.983. The number of hydrogen-bond acceptors (Lipinski definition) is 8. The van der Waals surface area contributed by atoms with Gasteiger partial charge in [-0.1, -0.05) is 6.07 Å². The zero-order chi connectivity index (χ0) is 14.8. The molecule has 2 aromatic heterocycles. The van der Waals surface area contributed by atoms with Crippen LogP contribution in [0.1, 0.15) is 16.8 Å². The number of anilines is 1. The summed E-state index contributed by atoms with van der Waals surface area (Å²) in [5.41, 5.74) is 6.09. The van der Waals surface area contributed by atoms with Crippen molar-refractivity contribution in [2.45, 2.75) is 12.5 Å². The highest BCUT2D eigenvalue weighted by atomic mass is 32.1. The summed E-state index contributed by atoms with van der Waals surface area (Å²) < 4.78 is 9.91. The van der Waals surface area contributed by atoms with Crippen LogP contribution in [-0.2, 0) is 16.0 Å². The van der Waals surface area contributed by atoms with E-state index >= 15 is 0 Å².